The van der Waals surface area contributed by atoms with Crippen LogP contribution in [0.25, 0.3) is 0 Å². The van der Waals surface area contributed by atoms with Crippen molar-refractivity contribution in [2.75, 3.05) is 7.05 Å². The van der Waals surface area contributed by atoms with E-state index in [-0.39, 0.29) is 0 Å². The van der Waals surface area contributed by atoms with Crippen LogP contribution in [0.1, 0.15) is 56.1 Å². The quantitative estimate of drug-likeness (QED) is 0.774. The number of hydrogen-bond acceptors (Lipinski definition) is 3. The van der Waals surface area contributed by atoms with E-state index in [0.717, 1.165) is 24.7 Å². The van der Waals surface area contributed by atoms with Gasteiger partial charge in [-0.2, -0.15) is 5.10 Å². The molecule has 0 unspecified atom stereocenters. The second-order valence-electron chi connectivity index (χ2n) is 7.58. The number of phenols is 1. The lowest BCUT2D eigenvalue weighted by Crippen LogP contribution is -2.42. The summed E-state index contributed by atoms with van der Waals surface area (Å²) in [7, 11) is 1.92. The molecule has 1 aromatic carbocycles. The summed E-state index contributed by atoms with van der Waals surface area (Å²) in [6.07, 6.45) is 7.36. The molecule has 0 spiro atoms. The van der Waals surface area contributed by atoms with Crippen molar-refractivity contribution in [3.05, 3.63) is 29.3 Å². The summed E-state index contributed by atoms with van der Waals surface area (Å²) >= 11 is 0. The molecule has 2 fully saturated rings. The smallest absolute Gasteiger partial charge is 0.115 e. The monoisotopic (exact) mass is 298 g/mol. The zero-order valence-corrected chi connectivity index (χ0v) is 13.6. The van der Waals surface area contributed by atoms with Crippen LogP contribution in [0.2, 0.25) is 0 Å². The van der Waals surface area contributed by atoms with Crippen LogP contribution in [-0.4, -0.2) is 17.9 Å². The molecule has 0 amide bonds. The highest BCUT2D eigenvalue weighted by molar-refractivity contribution is 5.92. The van der Waals surface area contributed by atoms with Crippen molar-refractivity contribution < 1.29 is 5.11 Å². The standard InChI is InChI=1S/C19H26N2O/c1-19-10-9-15-14-6-4-13(22)11-12(14)3-5-16(15)17(19)7-8-18(19)21-20-2/h4,6,11,15-17,20,22H,3,5,7-10H2,1-2H3/t15-,16-,17+,19+/m1/s1. The summed E-state index contributed by atoms with van der Waals surface area (Å²) in [5, 5.41) is 14.4. The number of aromatic hydroxyl groups is 1. The number of nitrogens with zero attached hydrogens (tertiary/aromatic N) is 1. The van der Waals surface area contributed by atoms with Gasteiger partial charge in [-0.25, -0.2) is 0 Å². The van der Waals surface area contributed by atoms with E-state index in [9.17, 15) is 5.11 Å². The van der Waals surface area contributed by atoms with Gasteiger partial charge in [0.25, 0.3) is 0 Å². The van der Waals surface area contributed by atoms with E-state index in [4.69, 9.17) is 0 Å². The van der Waals surface area contributed by atoms with Gasteiger partial charge >= 0.3 is 0 Å². The fraction of sp³-hybridized carbons (Fsp3) is 0.632. The Morgan fingerprint density at radius 1 is 1.23 bits per heavy atom. The third-order valence-corrected chi connectivity index (χ3v) is 6.70. The maximum atomic E-state index is 9.75. The SMILES string of the molecule is CNN=C1CC[C@H]2[C@@H]3CCc4cc(O)ccc4[C@H]3CC[C@]12C. The van der Waals surface area contributed by atoms with Gasteiger partial charge < -0.3 is 10.5 Å². The Labute approximate surface area is 132 Å². The molecule has 4 atom stereocenters. The van der Waals surface area contributed by atoms with Gasteiger partial charge in [-0.3, -0.25) is 0 Å². The lowest BCUT2D eigenvalue weighted by atomic mass is 9.55. The number of nitrogens with one attached hydrogen (secondary N) is 1. The van der Waals surface area contributed by atoms with Gasteiger partial charge in [0.15, 0.2) is 0 Å². The topological polar surface area (TPSA) is 44.6 Å². The molecule has 3 aliphatic rings. The lowest BCUT2D eigenvalue weighted by molar-refractivity contribution is 0.0954. The summed E-state index contributed by atoms with van der Waals surface area (Å²) in [6.45, 7) is 2.45. The Morgan fingerprint density at radius 2 is 2.09 bits per heavy atom. The third-order valence-electron chi connectivity index (χ3n) is 6.70. The van der Waals surface area contributed by atoms with Gasteiger partial charge in [0.2, 0.25) is 0 Å². The minimum atomic E-state index is 0.304. The molecule has 0 aliphatic heterocycles. The number of aryl methyl sites for hydroxylation is 1. The molecule has 2 N–H and O–H groups in total. The molecule has 4 rings (SSSR count). The van der Waals surface area contributed by atoms with Crippen LogP contribution in [0.5, 0.6) is 5.75 Å². The van der Waals surface area contributed by atoms with E-state index in [0.29, 0.717) is 17.1 Å². The highest BCUT2D eigenvalue weighted by Crippen LogP contribution is 2.59. The Kier molecular flexibility index (Phi) is 3.21. The van der Waals surface area contributed by atoms with Gasteiger partial charge in [-0.15, -0.1) is 0 Å². The van der Waals surface area contributed by atoms with Gasteiger partial charge in [0.1, 0.15) is 5.75 Å². The van der Waals surface area contributed by atoms with Crippen LogP contribution >= 0.6 is 0 Å². The molecule has 118 valence electrons. The van der Waals surface area contributed by atoms with Crippen molar-refractivity contribution in [3.8, 4) is 5.75 Å². The molecule has 3 heteroatoms. The molecule has 0 heterocycles. The lowest BCUT2D eigenvalue weighted by Gasteiger charge is -2.49. The van der Waals surface area contributed by atoms with Gasteiger partial charge in [-0.1, -0.05) is 13.0 Å². The number of hydrogen-bond donors (Lipinski definition) is 2. The van der Waals surface area contributed by atoms with Crippen LogP contribution in [0.15, 0.2) is 23.3 Å². The second kappa shape index (κ2) is 5.00. The maximum absolute atomic E-state index is 9.75. The number of phenolic OH excluding ortho intramolecular Hbond substituents is 1. The van der Waals surface area contributed by atoms with Gasteiger partial charge in [-0.05, 0) is 79.5 Å². The first-order valence-corrected chi connectivity index (χ1v) is 8.69. The number of benzene rings is 1. The fourth-order valence-corrected chi connectivity index (χ4v) is 5.68. The van der Waals surface area contributed by atoms with E-state index in [2.05, 4.69) is 23.5 Å². The average molecular weight is 298 g/mol. The fourth-order valence-electron chi connectivity index (χ4n) is 5.68. The molecule has 0 aromatic heterocycles. The van der Waals surface area contributed by atoms with Crippen molar-refractivity contribution in [3.63, 3.8) is 0 Å². The van der Waals surface area contributed by atoms with Crippen molar-refractivity contribution in [2.45, 2.75) is 51.4 Å². The minimum absolute atomic E-state index is 0.304. The van der Waals surface area contributed by atoms with Crippen LogP contribution in [0.4, 0.5) is 0 Å². The Hall–Kier alpha value is -1.51. The zero-order chi connectivity index (χ0) is 15.3. The third kappa shape index (κ3) is 1.90. The first-order valence-electron chi connectivity index (χ1n) is 8.69. The molecule has 2 saturated carbocycles. The van der Waals surface area contributed by atoms with Crippen molar-refractivity contribution in [2.24, 2.45) is 22.4 Å². The zero-order valence-electron chi connectivity index (χ0n) is 13.6. The van der Waals surface area contributed by atoms with Crippen LogP contribution in [0.3, 0.4) is 0 Å². The maximum Gasteiger partial charge on any atom is 0.115 e. The summed E-state index contributed by atoms with van der Waals surface area (Å²) < 4.78 is 0. The van der Waals surface area contributed by atoms with E-state index in [1.165, 1.54) is 42.5 Å². The van der Waals surface area contributed by atoms with E-state index < -0.39 is 0 Å². The summed E-state index contributed by atoms with van der Waals surface area (Å²) in [4.78, 5) is 0. The molecule has 0 bridgehead atoms. The Balaban J connectivity index is 1.69. The molecule has 0 radical (unpaired) electrons. The Bertz CT molecular complexity index is 624. The molecule has 1 aromatic rings. The Morgan fingerprint density at radius 3 is 2.91 bits per heavy atom. The van der Waals surface area contributed by atoms with E-state index in [1.54, 1.807) is 0 Å². The van der Waals surface area contributed by atoms with Crippen LogP contribution in [-0.2, 0) is 6.42 Å². The summed E-state index contributed by atoms with van der Waals surface area (Å²) in [5.41, 5.74) is 7.62. The molecular formula is C19H26N2O. The summed E-state index contributed by atoms with van der Waals surface area (Å²) in [6, 6.07) is 6.04. The first-order chi connectivity index (χ1) is 10.6. The van der Waals surface area contributed by atoms with Crippen LogP contribution in [0, 0.1) is 17.3 Å². The predicted molar refractivity (Wildman–Crippen MR) is 89.2 cm³/mol. The predicted octanol–water partition coefficient (Wildman–Crippen LogP) is 3.82. The van der Waals surface area contributed by atoms with Gasteiger partial charge in [0.05, 0.1) is 0 Å². The number of hydrazone groups is 1. The highest BCUT2D eigenvalue weighted by atomic mass is 16.3. The first kappa shape index (κ1) is 14.1. The molecule has 3 nitrogen and oxygen atoms in total. The van der Waals surface area contributed by atoms with Crippen molar-refractivity contribution in [1.82, 2.24) is 5.43 Å². The molecule has 3 aliphatic carbocycles. The van der Waals surface area contributed by atoms with Crippen molar-refractivity contribution in [1.29, 1.82) is 0 Å². The van der Waals surface area contributed by atoms with Crippen molar-refractivity contribution >= 4 is 5.71 Å². The van der Waals surface area contributed by atoms with Crippen LogP contribution < -0.4 is 5.43 Å². The minimum Gasteiger partial charge on any atom is -0.508 e. The van der Waals surface area contributed by atoms with Gasteiger partial charge in [0, 0.05) is 18.2 Å². The second-order valence-corrected chi connectivity index (χ2v) is 7.58. The number of rotatable bonds is 1. The molecular weight excluding hydrogens is 272 g/mol. The normalized spacial score (nSPS) is 38.3. The molecule has 22 heavy (non-hydrogen) atoms. The summed E-state index contributed by atoms with van der Waals surface area (Å²) in [5.74, 6) is 2.68. The van der Waals surface area contributed by atoms with E-state index >= 15 is 0 Å². The highest BCUT2D eigenvalue weighted by Gasteiger charge is 2.53. The largest absolute Gasteiger partial charge is 0.508 e. The molecule has 0 saturated heterocycles. The van der Waals surface area contributed by atoms with E-state index in [1.807, 2.05) is 19.2 Å². The average Bonchev–Trinajstić information content (AvgIpc) is 2.84. The number of fused-ring (bicyclic) bond motifs is 5.